The van der Waals surface area contributed by atoms with Crippen LogP contribution in [-0.2, 0) is 9.53 Å². The molecular formula is C15H23N3O2. The van der Waals surface area contributed by atoms with Crippen molar-refractivity contribution in [3.63, 3.8) is 0 Å². The van der Waals surface area contributed by atoms with Gasteiger partial charge in [0.15, 0.2) is 0 Å². The first kappa shape index (κ1) is 15.0. The second-order valence-electron chi connectivity index (χ2n) is 5.31. The molecule has 1 aromatic rings. The maximum atomic E-state index is 12.0. The number of ether oxygens (including phenoxy) is 1. The first-order valence-electron chi connectivity index (χ1n) is 7.01. The van der Waals surface area contributed by atoms with E-state index < -0.39 is 0 Å². The molecule has 2 N–H and O–H groups in total. The highest BCUT2D eigenvalue weighted by Crippen LogP contribution is 2.09. The molecule has 1 fully saturated rings. The fourth-order valence-corrected chi connectivity index (χ4v) is 2.32. The van der Waals surface area contributed by atoms with Gasteiger partial charge in [0, 0.05) is 25.3 Å². The maximum Gasteiger partial charge on any atom is 0.238 e. The predicted molar refractivity (Wildman–Crippen MR) is 79.9 cm³/mol. The van der Waals surface area contributed by atoms with Crippen molar-refractivity contribution in [1.29, 1.82) is 0 Å². The van der Waals surface area contributed by atoms with Gasteiger partial charge in [-0.25, -0.2) is 0 Å². The molecule has 0 radical (unpaired) electrons. The zero-order valence-electron chi connectivity index (χ0n) is 12.2. The highest BCUT2D eigenvalue weighted by Gasteiger charge is 2.16. The minimum absolute atomic E-state index is 0.00173. The molecule has 1 unspecified atom stereocenters. The molecule has 1 saturated heterocycles. The highest BCUT2D eigenvalue weighted by molar-refractivity contribution is 5.92. The SMILES string of the molecule is Cc1cccc(NC(=O)CN(C)CC2CNCCO2)c1. The van der Waals surface area contributed by atoms with Crippen LogP contribution in [0.15, 0.2) is 24.3 Å². The number of carbonyl (C=O) groups excluding carboxylic acids is 1. The number of nitrogens with zero attached hydrogens (tertiary/aromatic N) is 1. The quantitative estimate of drug-likeness (QED) is 0.838. The van der Waals surface area contributed by atoms with Crippen LogP contribution in [0.1, 0.15) is 5.56 Å². The van der Waals surface area contributed by atoms with Crippen molar-refractivity contribution in [1.82, 2.24) is 10.2 Å². The Hall–Kier alpha value is -1.43. The van der Waals surface area contributed by atoms with Crippen LogP contribution in [-0.4, -0.2) is 56.7 Å². The molecule has 0 spiro atoms. The van der Waals surface area contributed by atoms with Crippen molar-refractivity contribution in [3.8, 4) is 0 Å². The molecule has 1 aliphatic heterocycles. The molecule has 5 heteroatoms. The minimum atomic E-state index is 0.00173. The topological polar surface area (TPSA) is 53.6 Å². The lowest BCUT2D eigenvalue weighted by molar-refractivity contribution is -0.117. The van der Waals surface area contributed by atoms with Crippen LogP contribution in [0.5, 0.6) is 0 Å². The third-order valence-electron chi connectivity index (χ3n) is 3.24. The van der Waals surface area contributed by atoms with E-state index in [0.29, 0.717) is 6.54 Å². The maximum absolute atomic E-state index is 12.0. The summed E-state index contributed by atoms with van der Waals surface area (Å²) in [6.45, 7) is 5.64. The predicted octanol–water partition coefficient (Wildman–Crippen LogP) is 0.854. The van der Waals surface area contributed by atoms with Crippen LogP contribution < -0.4 is 10.6 Å². The smallest absolute Gasteiger partial charge is 0.238 e. The van der Waals surface area contributed by atoms with Gasteiger partial charge in [0.2, 0.25) is 5.91 Å². The minimum Gasteiger partial charge on any atom is -0.374 e. The summed E-state index contributed by atoms with van der Waals surface area (Å²) >= 11 is 0. The van der Waals surface area contributed by atoms with E-state index >= 15 is 0 Å². The number of hydrogen-bond donors (Lipinski definition) is 2. The second-order valence-corrected chi connectivity index (χ2v) is 5.31. The zero-order valence-corrected chi connectivity index (χ0v) is 12.2. The van der Waals surface area contributed by atoms with E-state index in [1.807, 2.05) is 43.1 Å². The Balaban J connectivity index is 1.75. The van der Waals surface area contributed by atoms with Gasteiger partial charge in [-0.15, -0.1) is 0 Å². The van der Waals surface area contributed by atoms with Gasteiger partial charge in [0.25, 0.3) is 0 Å². The Morgan fingerprint density at radius 1 is 1.55 bits per heavy atom. The molecule has 20 heavy (non-hydrogen) atoms. The molecule has 1 amide bonds. The van der Waals surface area contributed by atoms with E-state index in [-0.39, 0.29) is 12.0 Å². The Kier molecular flexibility index (Phi) is 5.52. The number of rotatable bonds is 5. The van der Waals surface area contributed by atoms with Gasteiger partial charge in [-0.2, -0.15) is 0 Å². The number of likely N-dealkylation sites (N-methyl/N-ethyl adjacent to an activating group) is 1. The number of aryl methyl sites for hydroxylation is 1. The van der Waals surface area contributed by atoms with Gasteiger partial charge < -0.3 is 15.4 Å². The first-order chi connectivity index (χ1) is 9.63. The number of nitrogens with one attached hydrogen (secondary N) is 2. The van der Waals surface area contributed by atoms with E-state index in [2.05, 4.69) is 10.6 Å². The molecule has 0 aliphatic carbocycles. The van der Waals surface area contributed by atoms with Crippen LogP contribution in [0.4, 0.5) is 5.69 Å². The molecule has 0 aromatic heterocycles. The lowest BCUT2D eigenvalue weighted by Gasteiger charge is -2.27. The van der Waals surface area contributed by atoms with E-state index in [9.17, 15) is 4.79 Å². The van der Waals surface area contributed by atoms with Gasteiger partial charge >= 0.3 is 0 Å². The fourth-order valence-electron chi connectivity index (χ4n) is 2.32. The average Bonchev–Trinajstić information content (AvgIpc) is 2.39. The molecule has 0 saturated carbocycles. The number of amides is 1. The zero-order chi connectivity index (χ0) is 14.4. The van der Waals surface area contributed by atoms with Crippen LogP contribution in [0.3, 0.4) is 0 Å². The number of benzene rings is 1. The van der Waals surface area contributed by atoms with Crippen LogP contribution in [0, 0.1) is 6.92 Å². The first-order valence-corrected chi connectivity index (χ1v) is 7.01. The monoisotopic (exact) mass is 277 g/mol. The number of morpholine rings is 1. The molecule has 1 atom stereocenters. The van der Waals surface area contributed by atoms with E-state index in [0.717, 1.165) is 37.5 Å². The molecular weight excluding hydrogens is 254 g/mol. The standard InChI is InChI=1S/C15H23N3O2/c1-12-4-3-5-13(8-12)17-15(19)11-18(2)10-14-9-16-6-7-20-14/h3-5,8,14,16H,6-7,9-11H2,1-2H3,(H,17,19). The third-order valence-corrected chi connectivity index (χ3v) is 3.24. The molecule has 1 heterocycles. The van der Waals surface area contributed by atoms with Crippen molar-refractivity contribution in [2.24, 2.45) is 0 Å². The summed E-state index contributed by atoms with van der Waals surface area (Å²) in [5.41, 5.74) is 1.98. The summed E-state index contributed by atoms with van der Waals surface area (Å²) < 4.78 is 5.63. The number of anilines is 1. The highest BCUT2D eigenvalue weighted by atomic mass is 16.5. The molecule has 110 valence electrons. The lowest BCUT2D eigenvalue weighted by atomic mass is 10.2. The third kappa shape index (κ3) is 4.92. The Bertz CT molecular complexity index is 444. The summed E-state index contributed by atoms with van der Waals surface area (Å²) in [6, 6.07) is 7.82. The van der Waals surface area contributed by atoms with Gasteiger partial charge in [-0.1, -0.05) is 12.1 Å². The van der Waals surface area contributed by atoms with E-state index in [4.69, 9.17) is 4.74 Å². The lowest BCUT2D eigenvalue weighted by Crippen LogP contribution is -2.45. The average molecular weight is 277 g/mol. The number of hydrogen-bond acceptors (Lipinski definition) is 4. The summed E-state index contributed by atoms with van der Waals surface area (Å²) in [4.78, 5) is 14.0. The molecule has 5 nitrogen and oxygen atoms in total. The summed E-state index contributed by atoms with van der Waals surface area (Å²) in [7, 11) is 1.94. The van der Waals surface area contributed by atoms with Crippen molar-refractivity contribution in [2.45, 2.75) is 13.0 Å². The molecule has 1 aliphatic rings. The van der Waals surface area contributed by atoms with Gasteiger partial charge in [-0.05, 0) is 31.7 Å². The molecule has 2 rings (SSSR count). The largest absolute Gasteiger partial charge is 0.374 e. The van der Waals surface area contributed by atoms with Crippen molar-refractivity contribution in [3.05, 3.63) is 29.8 Å². The summed E-state index contributed by atoms with van der Waals surface area (Å²) in [5.74, 6) is 0.00173. The normalized spacial score (nSPS) is 19.1. The summed E-state index contributed by atoms with van der Waals surface area (Å²) in [6.07, 6.45) is 0.167. The Morgan fingerprint density at radius 3 is 3.10 bits per heavy atom. The molecule has 0 bridgehead atoms. The van der Waals surface area contributed by atoms with Crippen LogP contribution >= 0.6 is 0 Å². The van der Waals surface area contributed by atoms with E-state index in [1.165, 1.54) is 0 Å². The van der Waals surface area contributed by atoms with Gasteiger partial charge in [0.05, 0.1) is 19.3 Å². The number of carbonyl (C=O) groups is 1. The van der Waals surface area contributed by atoms with Crippen molar-refractivity contribution in [2.75, 3.05) is 45.2 Å². The summed E-state index contributed by atoms with van der Waals surface area (Å²) in [5, 5.41) is 6.20. The van der Waals surface area contributed by atoms with Crippen LogP contribution in [0.25, 0.3) is 0 Å². The van der Waals surface area contributed by atoms with Crippen molar-refractivity contribution >= 4 is 11.6 Å². The van der Waals surface area contributed by atoms with E-state index in [1.54, 1.807) is 0 Å². The van der Waals surface area contributed by atoms with Crippen LogP contribution in [0.2, 0.25) is 0 Å². The van der Waals surface area contributed by atoms with Gasteiger partial charge in [0.1, 0.15) is 0 Å². The fraction of sp³-hybridized carbons (Fsp3) is 0.533. The van der Waals surface area contributed by atoms with Gasteiger partial charge in [-0.3, -0.25) is 9.69 Å². The second kappa shape index (κ2) is 7.38. The van der Waals surface area contributed by atoms with Crippen molar-refractivity contribution < 1.29 is 9.53 Å². The Labute approximate surface area is 120 Å². The Morgan fingerprint density at radius 2 is 2.40 bits per heavy atom. The molecule has 1 aromatic carbocycles.